The molecule has 0 aliphatic carbocycles. The fraction of sp³-hybridized carbons (Fsp3) is 0.143. The highest BCUT2D eigenvalue weighted by molar-refractivity contribution is 6.33. The van der Waals surface area contributed by atoms with Gasteiger partial charge in [0.2, 0.25) is 0 Å². The Morgan fingerprint density at radius 1 is 1.71 bits per heavy atom. The van der Waals surface area contributed by atoms with Crippen LogP contribution in [0.15, 0.2) is 12.3 Å². The summed E-state index contributed by atoms with van der Waals surface area (Å²) in [6, 6.07) is 1.12. The number of aliphatic carboxylic acids is 1. The molecular formula is C7H5ClN2O4. The van der Waals surface area contributed by atoms with Gasteiger partial charge < -0.3 is 5.11 Å². The average Bonchev–Trinajstić information content (AvgIpc) is 2.07. The van der Waals surface area contributed by atoms with Gasteiger partial charge in [0.1, 0.15) is 5.02 Å². The first-order chi connectivity index (χ1) is 6.52. The molecule has 0 spiro atoms. The number of nitrogens with zero attached hydrogens (tertiary/aromatic N) is 2. The Hall–Kier alpha value is -1.69. The molecule has 0 atom stereocenters. The fourth-order valence-electron chi connectivity index (χ4n) is 0.883. The maximum atomic E-state index is 10.4. The lowest BCUT2D eigenvalue weighted by atomic mass is 10.2. The zero-order valence-corrected chi connectivity index (χ0v) is 7.56. The van der Waals surface area contributed by atoms with Crippen LogP contribution in [0.1, 0.15) is 5.69 Å². The SMILES string of the molecule is O=C(O)Cc1nccc([N+](=O)[O-])c1Cl. The third-order valence-electron chi connectivity index (χ3n) is 1.46. The average molecular weight is 217 g/mol. The van der Waals surface area contributed by atoms with Gasteiger partial charge in [0.05, 0.1) is 17.0 Å². The third kappa shape index (κ3) is 2.17. The molecule has 0 fully saturated rings. The molecular weight excluding hydrogens is 212 g/mol. The van der Waals surface area contributed by atoms with E-state index in [1.165, 1.54) is 0 Å². The molecule has 1 heterocycles. The van der Waals surface area contributed by atoms with Gasteiger partial charge in [-0.25, -0.2) is 0 Å². The molecule has 0 aliphatic heterocycles. The van der Waals surface area contributed by atoms with E-state index in [-0.39, 0.29) is 16.4 Å². The van der Waals surface area contributed by atoms with Gasteiger partial charge in [-0.3, -0.25) is 19.9 Å². The quantitative estimate of drug-likeness (QED) is 0.607. The number of hydrogen-bond donors (Lipinski definition) is 1. The topological polar surface area (TPSA) is 93.3 Å². The summed E-state index contributed by atoms with van der Waals surface area (Å²) in [5.41, 5.74) is -0.341. The molecule has 0 saturated heterocycles. The molecule has 0 aliphatic rings. The van der Waals surface area contributed by atoms with Gasteiger partial charge in [-0.2, -0.15) is 0 Å². The smallest absolute Gasteiger partial charge is 0.309 e. The summed E-state index contributed by atoms with van der Waals surface area (Å²) >= 11 is 5.58. The summed E-state index contributed by atoms with van der Waals surface area (Å²) in [5, 5.41) is 18.6. The van der Waals surface area contributed by atoms with E-state index in [4.69, 9.17) is 16.7 Å². The van der Waals surface area contributed by atoms with Crippen molar-refractivity contribution < 1.29 is 14.8 Å². The summed E-state index contributed by atoms with van der Waals surface area (Å²) in [5.74, 6) is -1.14. The van der Waals surface area contributed by atoms with Crippen LogP contribution in [-0.4, -0.2) is 21.0 Å². The van der Waals surface area contributed by atoms with Crippen LogP contribution < -0.4 is 0 Å². The second-order valence-electron chi connectivity index (χ2n) is 2.42. The van der Waals surface area contributed by atoms with Crippen molar-refractivity contribution in [2.75, 3.05) is 0 Å². The number of carboxylic acids is 1. The molecule has 1 aromatic heterocycles. The maximum absolute atomic E-state index is 10.4. The Kier molecular flexibility index (Phi) is 2.98. The summed E-state index contributed by atoms with van der Waals surface area (Å²) in [4.78, 5) is 23.7. The minimum absolute atomic E-state index is 0.00614. The van der Waals surface area contributed by atoms with Crippen LogP contribution in [0.2, 0.25) is 5.02 Å². The number of hydrogen-bond acceptors (Lipinski definition) is 4. The Labute approximate surface area is 83.3 Å². The maximum Gasteiger partial charge on any atom is 0.309 e. The number of carboxylic acid groups (broad SMARTS) is 1. The number of halogens is 1. The van der Waals surface area contributed by atoms with Gasteiger partial charge >= 0.3 is 5.97 Å². The van der Waals surface area contributed by atoms with Crippen molar-refractivity contribution in [3.8, 4) is 0 Å². The predicted molar refractivity (Wildman–Crippen MR) is 47.2 cm³/mol. The number of rotatable bonds is 3. The van der Waals surface area contributed by atoms with Gasteiger partial charge in [0.15, 0.2) is 0 Å². The molecule has 0 bridgehead atoms. The van der Waals surface area contributed by atoms with E-state index in [0.717, 1.165) is 12.3 Å². The number of carbonyl (C=O) groups is 1. The highest BCUT2D eigenvalue weighted by Crippen LogP contribution is 2.26. The number of pyridine rings is 1. The highest BCUT2D eigenvalue weighted by atomic mass is 35.5. The first kappa shape index (κ1) is 10.4. The van der Waals surface area contributed by atoms with Crippen molar-refractivity contribution in [2.24, 2.45) is 0 Å². The second kappa shape index (κ2) is 4.01. The van der Waals surface area contributed by atoms with Gasteiger partial charge in [0, 0.05) is 12.3 Å². The van der Waals surface area contributed by atoms with E-state index in [1.807, 2.05) is 0 Å². The minimum atomic E-state index is -1.14. The summed E-state index contributed by atoms with van der Waals surface area (Å²) in [7, 11) is 0. The van der Waals surface area contributed by atoms with E-state index in [0.29, 0.717) is 0 Å². The lowest BCUT2D eigenvalue weighted by molar-refractivity contribution is -0.384. The van der Waals surface area contributed by atoms with E-state index in [9.17, 15) is 14.9 Å². The summed E-state index contributed by atoms with van der Waals surface area (Å²) < 4.78 is 0. The van der Waals surface area contributed by atoms with Crippen LogP contribution in [0.4, 0.5) is 5.69 Å². The van der Waals surface area contributed by atoms with Crippen LogP contribution >= 0.6 is 11.6 Å². The van der Waals surface area contributed by atoms with Crippen LogP contribution in [0.25, 0.3) is 0 Å². The van der Waals surface area contributed by atoms with Gasteiger partial charge in [0.25, 0.3) is 5.69 Å². The normalized spacial score (nSPS) is 9.79. The Morgan fingerprint density at radius 3 is 2.86 bits per heavy atom. The number of aromatic nitrogens is 1. The highest BCUT2D eigenvalue weighted by Gasteiger charge is 2.17. The molecule has 0 unspecified atom stereocenters. The van der Waals surface area contributed by atoms with E-state index < -0.39 is 17.3 Å². The molecule has 1 aromatic rings. The van der Waals surface area contributed by atoms with Crippen molar-refractivity contribution in [1.29, 1.82) is 0 Å². The van der Waals surface area contributed by atoms with Crippen LogP contribution in [0, 0.1) is 10.1 Å². The molecule has 0 aromatic carbocycles. The van der Waals surface area contributed by atoms with E-state index >= 15 is 0 Å². The molecule has 7 heteroatoms. The van der Waals surface area contributed by atoms with Crippen LogP contribution in [0.5, 0.6) is 0 Å². The first-order valence-corrected chi connectivity index (χ1v) is 3.89. The molecule has 0 amide bonds. The summed E-state index contributed by atoms with van der Waals surface area (Å²) in [6.07, 6.45) is 0.725. The minimum Gasteiger partial charge on any atom is -0.481 e. The molecule has 1 N–H and O–H groups in total. The Morgan fingerprint density at radius 2 is 2.36 bits per heavy atom. The molecule has 0 radical (unpaired) electrons. The van der Waals surface area contributed by atoms with Gasteiger partial charge in [-0.1, -0.05) is 11.6 Å². The summed E-state index contributed by atoms with van der Waals surface area (Å²) in [6.45, 7) is 0. The van der Waals surface area contributed by atoms with E-state index in [1.54, 1.807) is 0 Å². The van der Waals surface area contributed by atoms with Gasteiger partial charge in [-0.05, 0) is 0 Å². The van der Waals surface area contributed by atoms with Crippen molar-refractivity contribution >= 4 is 23.3 Å². The largest absolute Gasteiger partial charge is 0.481 e. The van der Waals surface area contributed by atoms with Crippen molar-refractivity contribution in [1.82, 2.24) is 4.98 Å². The zero-order valence-electron chi connectivity index (χ0n) is 6.81. The van der Waals surface area contributed by atoms with Crippen molar-refractivity contribution in [2.45, 2.75) is 6.42 Å². The molecule has 6 nitrogen and oxygen atoms in total. The number of nitro groups is 1. The second-order valence-corrected chi connectivity index (χ2v) is 2.80. The van der Waals surface area contributed by atoms with Crippen LogP contribution in [-0.2, 0) is 11.2 Å². The van der Waals surface area contributed by atoms with Crippen molar-refractivity contribution in [3.05, 3.63) is 33.1 Å². The predicted octanol–water partition coefficient (Wildman–Crippen LogP) is 1.27. The fourth-order valence-corrected chi connectivity index (χ4v) is 1.13. The molecule has 1 rings (SSSR count). The lowest BCUT2D eigenvalue weighted by Gasteiger charge is -1.99. The Balaban J connectivity index is 3.13. The van der Waals surface area contributed by atoms with Gasteiger partial charge in [-0.15, -0.1) is 0 Å². The molecule has 0 saturated carbocycles. The molecule has 14 heavy (non-hydrogen) atoms. The standard InChI is InChI=1S/C7H5ClN2O4/c8-7-4(3-6(11)12)9-2-1-5(7)10(13)14/h1-2H,3H2,(H,11,12). The van der Waals surface area contributed by atoms with Crippen molar-refractivity contribution in [3.63, 3.8) is 0 Å². The third-order valence-corrected chi connectivity index (χ3v) is 1.87. The zero-order chi connectivity index (χ0) is 10.7. The molecule has 74 valence electrons. The van der Waals surface area contributed by atoms with E-state index in [2.05, 4.69) is 4.98 Å². The Bertz CT molecular complexity index is 393. The first-order valence-electron chi connectivity index (χ1n) is 3.52. The monoisotopic (exact) mass is 216 g/mol. The lowest BCUT2D eigenvalue weighted by Crippen LogP contribution is -2.04. The van der Waals surface area contributed by atoms with Crippen LogP contribution in [0.3, 0.4) is 0 Å².